The van der Waals surface area contributed by atoms with E-state index in [0.717, 1.165) is 36.5 Å². The van der Waals surface area contributed by atoms with E-state index in [1.165, 1.54) is 18.2 Å². The largest absolute Gasteiger partial charge is 0.369 e. The zero-order valence-electron chi connectivity index (χ0n) is 14.5. The summed E-state index contributed by atoms with van der Waals surface area (Å²) < 4.78 is 23.6. The monoisotopic (exact) mass is 444 g/mol. The van der Waals surface area contributed by atoms with Gasteiger partial charge < -0.3 is 10.2 Å². The van der Waals surface area contributed by atoms with Gasteiger partial charge in [-0.2, -0.15) is 11.8 Å². The lowest BCUT2D eigenvalue weighted by atomic mass is 10.2. The first-order valence-corrected chi connectivity index (χ1v) is 12.0. The molecule has 1 amide bonds. The number of carbonyl (C=O) groups is 1. The van der Waals surface area contributed by atoms with Crippen molar-refractivity contribution in [1.29, 1.82) is 0 Å². The summed E-state index contributed by atoms with van der Waals surface area (Å²) in [5.41, 5.74) is 1.69. The minimum atomic E-state index is -3.53. The highest BCUT2D eigenvalue weighted by Crippen LogP contribution is 2.31. The number of thioether (sulfide) groups is 1. The van der Waals surface area contributed by atoms with Gasteiger partial charge in [0.15, 0.2) is 9.84 Å². The molecule has 0 aliphatic carbocycles. The van der Waals surface area contributed by atoms with Gasteiger partial charge in [-0.05, 0) is 36.4 Å². The standard InChI is InChI=1S/C18H18Cl2N2O3S2/c1-27(24,25)17-10-12(2-4-14(17)19)18(23)21-13-3-5-16(15(20)11-13)22-6-8-26-9-7-22/h2-5,10-11H,6-9H2,1H3,(H,21,23). The average Bonchev–Trinajstić information content (AvgIpc) is 2.62. The molecule has 5 nitrogen and oxygen atoms in total. The fraction of sp³-hybridized carbons (Fsp3) is 0.278. The fourth-order valence-corrected chi connectivity index (χ4v) is 5.28. The Bertz CT molecular complexity index is 975. The molecule has 1 N–H and O–H groups in total. The smallest absolute Gasteiger partial charge is 0.255 e. The van der Waals surface area contributed by atoms with Gasteiger partial charge in [0.25, 0.3) is 5.91 Å². The molecule has 0 unspecified atom stereocenters. The Hall–Kier alpha value is -1.41. The second-order valence-electron chi connectivity index (χ2n) is 6.14. The maximum atomic E-state index is 12.5. The number of rotatable bonds is 4. The summed E-state index contributed by atoms with van der Waals surface area (Å²) in [6, 6.07) is 9.52. The molecule has 1 aliphatic rings. The Labute approximate surface area is 172 Å². The van der Waals surface area contributed by atoms with Crippen molar-refractivity contribution in [3.8, 4) is 0 Å². The average molecular weight is 445 g/mol. The van der Waals surface area contributed by atoms with Crippen LogP contribution in [0.3, 0.4) is 0 Å². The normalized spacial score (nSPS) is 14.9. The summed E-state index contributed by atoms with van der Waals surface area (Å²) in [4.78, 5) is 14.6. The minimum Gasteiger partial charge on any atom is -0.369 e. The molecule has 1 fully saturated rings. The quantitative estimate of drug-likeness (QED) is 0.764. The molecule has 0 spiro atoms. The fourth-order valence-electron chi connectivity index (χ4n) is 2.78. The lowest BCUT2D eigenvalue weighted by molar-refractivity contribution is 0.102. The molecule has 3 rings (SSSR count). The molecule has 1 heterocycles. The highest BCUT2D eigenvalue weighted by Gasteiger charge is 2.17. The van der Waals surface area contributed by atoms with Crippen LogP contribution in [0.2, 0.25) is 10.0 Å². The van der Waals surface area contributed by atoms with Gasteiger partial charge in [0.1, 0.15) is 0 Å². The van der Waals surface area contributed by atoms with Crippen LogP contribution in [-0.4, -0.2) is 45.2 Å². The topological polar surface area (TPSA) is 66.5 Å². The maximum absolute atomic E-state index is 12.5. The summed E-state index contributed by atoms with van der Waals surface area (Å²) >= 11 is 14.2. The first-order valence-electron chi connectivity index (χ1n) is 8.19. The SMILES string of the molecule is CS(=O)(=O)c1cc(C(=O)Nc2ccc(N3CCSCC3)c(Cl)c2)ccc1Cl. The third-order valence-corrected chi connectivity index (χ3v) is 6.97. The van der Waals surface area contributed by atoms with Crippen LogP contribution in [0.4, 0.5) is 11.4 Å². The van der Waals surface area contributed by atoms with Gasteiger partial charge in [0.05, 0.1) is 20.6 Å². The molecule has 9 heteroatoms. The predicted molar refractivity (Wildman–Crippen MR) is 114 cm³/mol. The van der Waals surface area contributed by atoms with Crippen molar-refractivity contribution in [2.24, 2.45) is 0 Å². The van der Waals surface area contributed by atoms with E-state index in [-0.39, 0.29) is 15.5 Å². The number of sulfone groups is 1. The second kappa shape index (κ2) is 8.31. The number of nitrogens with one attached hydrogen (secondary N) is 1. The summed E-state index contributed by atoms with van der Waals surface area (Å²) in [5.74, 6) is 1.69. The molecule has 144 valence electrons. The molecule has 2 aromatic carbocycles. The van der Waals surface area contributed by atoms with Gasteiger partial charge in [-0.1, -0.05) is 23.2 Å². The van der Waals surface area contributed by atoms with Gasteiger partial charge in [0, 0.05) is 42.1 Å². The zero-order chi connectivity index (χ0) is 19.6. The lowest BCUT2D eigenvalue weighted by Crippen LogP contribution is -2.32. The predicted octanol–water partition coefficient (Wildman–Crippen LogP) is 4.20. The van der Waals surface area contributed by atoms with Crippen LogP contribution in [0.1, 0.15) is 10.4 Å². The summed E-state index contributed by atoms with van der Waals surface area (Å²) in [6.07, 6.45) is 1.05. The molecule has 27 heavy (non-hydrogen) atoms. The van der Waals surface area contributed by atoms with Crippen molar-refractivity contribution in [1.82, 2.24) is 0 Å². The molecule has 0 saturated carbocycles. The van der Waals surface area contributed by atoms with Crippen molar-refractivity contribution in [2.45, 2.75) is 4.90 Å². The molecule has 2 aromatic rings. The molecule has 0 radical (unpaired) electrons. The minimum absolute atomic E-state index is 0.0758. The van der Waals surface area contributed by atoms with Crippen molar-refractivity contribution >= 4 is 62.1 Å². The van der Waals surface area contributed by atoms with Crippen molar-refractivity contribution < 1.29 is 13.2 Å². The highest BCUT2D eigenvalue weighted by atomic mass is 35.5. The lowest BCUT2D eigenvalue weighted by Gasteiger charge is -2.29. The van der Waals surface area contributed by atoms with Crippen molar-refractivity contribution in [2.75, 3.05) is 41.1 Å². The first kappa shape index (κ1) is 20.3. The number of hydrogen-bond donors (Lipinski definition) is 1. The van der Waals surface area contributed by atoms with E-state index in [2.05, 4.69) is 10.2 Å². The van der Waals surface area contributed by atoms with E-state index < -0.39 is 15.7 Å². The third-order valence-electron chi connectivity index (χ3n) is 4.15. The Kier molecular flexibility index (Phi) is 6.25. The number of nitrogens with zero attached hydrogens (tertiary/aromatic N) is 1. The van der Waals surface area contributed by atoms with Crippen LogP contribution in [0.15, 0.2) is 41.3 Å². The second-order valence-corrected chi connectivity index (χ2v) is 10.2. The third kappa shape index (κ3) is 4.90. The number of anilines is 2. The van der Waals surface area contributed by atoms with Gasteiger partial charge in [-0.25, -0.2) is 8.42 Å². The summed E-state index contributed by atoms with van der Waals surface area (Å²) in [6.45, 7) is 1.88. The number of carbonyl (C=O) groups excluding carboxylic acids is 1. The molecule has 1 aliphatic heterocycles. The summed E-state index contributed by atoms with van der Waals surface area (Å²) in [5, 5.41) is 3.39. The van der Waals surface area contributed by atoms with E-state index in [1.54, 1.807) is 12.1 Å². The molecule has 0 aromatic heterocycles. The van der Waals surface area contributed by atoms with E-state index in [4.69, 9.17) is 23.2 Å². The number of hydrogen-bond acceptors (Lipinski definition) is 5. The van der Waals surface area contributed by atoms with Gasteiger partial charge in [-0.15, -0.1) is 0 Å². The van der Waals surface area contributed by atoms with E-state index in [9.17, 15) is 13.2 Å². The summed E-state index contributed by atoms with van der Waals surface area (Å²) in [7, 11) is -3.53. The maximum Gasteiger partial charge on any atom is 0.255 e. The zero-order valence-corrected chi connectivity index (χ0v) is 17.7. The molecule has 0 bridgehead atoms. The van der Waals surface area contributed by atoms with Crippen molar-refractivity contribution in [3.05, 3.63) is 52.0 Å². The van der Waals surface area contributed by atoms with Crippen molar-refractivity contribution in [3.63, 3.8) is 0 Å². The van der Waals surface area contributed by atoms with Gasteiger partial charge in [-0.3, -0.25) is 4.79 Å². The van der Waals surface area contributed by atoms with Crippen LogP contribution >= 0.6 is 35.0 Å². The molecule has 0 atom stereocenters. The Balaban J connectivity index is 1.79. The number of benzene rings is 2. The van der Waals surface area contributed by atoms with Crippen LogP contribution in [-0.2, 0) is 9.84 Å². The van der Waals surface area contributed by atoms with E-state index in [0.29, 0.717) is 10.7 Å². The van der Waals surface area contributed by atoms with E-state index >= 15 is 0 Å². The number of halogens is 2. The van der Waals surface area contributed by atoms with Crippen LogP contribution < -0.4 is 10.2 Å². The van der Waals surface area contributed by atoms with E-state index in [1.807, 2.05) is 17.8 Å². The van der Waals surface area contributed by atoms with Gasteiger partial charge >= 0.3 is 0 Å². The van der Waals surface area contributed by atoms with Crippen LogP contribution in [0, 0.1) is 0 Å². The van der Waals surface area contributed by atoms with Crippen LogP contribution in [0.5, 0.6) is 0 Å². The Morgan fingerprint density at radius 2 is 1.78 bits per heavy atom. The molecular formula is C18H18Cl2N2O3S2. The van der Waals surface area contributed by atoms with Crippen LogP contribution in [0.25, 0.3) is 0 Å². The Morgan fingerprint density at radius 1 is 1.07 bits per heavy atom. The number of amides is 1. The first-order chi connectivity index (χ1) is 12.8. The molecular weight excluding hydrogens is 427 g/mol. The molecule has 1 saturated heterocycles. The Morgan fingerprint density at radius 3 is 2.41 bits per heavy atom. The highest BCUT2D eigenvalue weighted by molar-refractivity contribution is 7.99. The van der Waals surface area contributed by atoms with Gasteiger partial charge in [0.2, 0.25) is 0 Å².